The molecule has 0 saturated carbocycles. The average molecular weight is 346 g/mol. The highest BCUT2D eigenvalue weighted by Gasteiger charge is 2.05. The highest BCUT2D eigenvalue weighted by molar-refractivity contribution is 9.10. The number of nitrogens with two attached hydrogens (primary N) is 1. The lowest BCUT2D eigenvalue weighted by Gasteiger charge is -2.04. The van der Waals surface area contributed by atoms with Crippen LogP contribution in [0.1, 0.15) is 0 Å². The molecule has 0 saturated heterocycles. The van der Waals surface area contributed by atoms with E-state index in [9.17, 15) is 8.60 Å². The topological polar surface area (TPSA) is 43.1 Å². The van der Waals surface area contributed by atoms with Gasteiger partial charge in [-0.25, -0.2) is 13.7 Å². The largest absolute Gasteiger partial charge is 0.248 e. The van der Waals surface area contributed by atoms with Crippen LogP contribution in [0.15, 0.2) is 61.6 Å². The van der Waals surface area contributed by atoms with Crippen LogP contribution in [0.25, 0.3) is 0 Å². The predicted molar refractivity (Wildman–Crippen MR) is 75.3 cm³/mol. The fourth-order valence-electron chi connectivity index (χ4n) is 1.33. The summed E-state index contributed by atoms with van der Waals surface area (Å²) in [5, 5.41) is 5.26. The second kappa shape index (κ2) is 5.97. The summed E-state index contributed by atoms with van der Waals surface area (Å²) in [6, 6.07) is 11.8. The Bertz CT molecular complexity index is 589. The first kappa shape index (κ1) is 13.7. The van der Waals surface area contributed by atoms with Crippen LogP contribution in [0.4, 0.5) is 4.39 Å². The molecule has 94 valence electrons. The number of hydrogen-bond donors (Lipinski definition) is 1. The van der Waals surface area contributed by atoms with Crippen molar-refractivity contribution in [3.05, 3.63) is 52.8 Å². The molecule has 0 spiro atoms. The van der Waals surface area contributed by atoms with Gasteiger partial charge in [0.05, 0.1) is 4.90 Å². The van der Waals surface area contributed by atoms with Gasteiger partial charge >= 0.3 is 0 Å². The lowest BCUT2D eigenvalue weighted by atomic mass is 10.3. The average Bonchev–Trinajstić information content (AvgIpc) is 2.33. The molecule has 2 aromatic carbocycles. The third kappa shape index (κ3) is 3.41. The summed E-state index contributed by atoms with van der Waals surface area (Å²) in [5.74, 6) is -0.277. The molecule has 0 bridgehead atoms. The molecule has 0 amide bonds. The number of hydrogen-bond acceptors (Lipinski definition) is 2. The van der Waals surface area contributed by atoms with Crippen molar-refractivity contribution in [3.8, 4) is 0 Å². The van der Waals surface area contributed by atoms with Crippen molar-refractivity contribution in [3.63, 3.8) is 0 Å². The summed E-state index contributed by atoms with van der Waals surface area (Å²) in [6.45, 7) is 0. The van der Waals surface area contributed by atoms with Gasteiger partial charge in [0.1, 0.15) is 16.8 Å². The van der Waals surface area contributed by atoms with Crippen LogP contribution >= 0.6 is 27.7 Å². The summed E-state index contributed by atoms with van der Waals surface area (Å²) in [4.78, 5) is 1.96. The maximum Gasteiger partial charge on any atom is 0.138 e. The molecule has 0 aromatic heterocycles. The monoisotopic (exact) mass is 345 g/mol. The molecule has 0 aliphatic heterocycles. The molecular weight excluding hydrogens is 337 g/mol. The zero-order valence-corrected chi connectivity index (χ0v) is 12.3. The van der Waals surface area contributed by atoms with Crippen molar-refractivity contribution < 1.29 is 8.60 Å². The summed E-state index contributed by atoms with van der Waals surface area (Å²) >= 11 is 4.52. The van der Waals surface area contributed by atoms with E-state index in [1.54, 1.807) is 36.4 Å². The van der Waals surface area contributed by atoms with Crippen LogP contribution < -0.4 is 5.14 Å². The van der Waals surface area contributed by atoms with Gasteiger partial charge in [-0.1, -0.05) is 27.7 Å². The standard InChI is InChI=1S/C12H9BrFNOS2/c13-8-1-6-12(11(14)7-8)17-9-2-4-10(5-3-9)18(15)16/h1-7H,15H2. The van der Waals surface area contributed by atoms with Crippen LogP contribution in [0, 0.1) is 5.82 Å². The van der Waals surface area contributed by atoms with Crippen molar-refractivity contribution in [1.82, 2.24) is 0 Å². The van der Waals surface area contributed by atoms with Crippen molar-refractivity contribution >= 4 is 38.7 Å². The number of benzene rings is 2. The molecule has 1 atom stereocenters. The van der Waals surface area contributed by atoms with Gasteiger partial charge in [-0.3, -0.25) is 0 Å². The van der Waals surface area contributed by atoms with Crippen molar-refractivity contribution in [2.45, 2.75) is 14.7 Å². The van der Waals surface area contributed by atoms with E-state index >= 15 is 0 Å². The SMILES string of the molecule is NS(=O)c1ccc(Sc2ccc(Br)cc2F)cc1. The van der Waals surface area contributed by atoms with E-state index in [2.05, 4.69) is 15.9 Å². The fraction of sp³-hybridized carbons (Fsp3) is 0. The highest BCUT2D eigenvalue weighted by atomic mass is 79.9. The Morgan fingerprint density at radius 3 is 2.39 bits per heavy atom. The summed E-state index contributed by atoms with van der Waals surface area (Å²) < 4.78 is 25.4. The van der Waals surface area contributed by atoms with E-state index in [0.717, 1.165) is 4.90 Å². The minimum Gasteiger partial charge on any atom is -0.248 e. The maximum absolute atomic E-state index is 13.6. The fourth-order valence-corrected chi connectivity index (χ4v) is 2.88. The van der Waals surface area contributed by atoms with Gasteiger partial charge in [0.25, 0.3) is 0 Å². The van der Waals surface area contributed by atoms with Crippen LogP contribution in [0.2, 0.25) is 0 Å². The van der Waals surface area contributed by atoms with E-state index in [1.807, 2.05) is 0 Å². The molecule has 2 aromatic rings. The third-order valence-electron chi connectivity index (χ3n) is 2.18. The van der Waals surface area contributed by atoms with Crippen LogP contribution in [0.5, 0.6) is 0 Å². The zero-order valence-electron chi connectivity index (χ0n) is 9.10. The minimum absolute atomic E-state index is 0.277. The van der Waals surface area contributed by atoms with Crippen molar-refractivity contribution in [2.24, 2.45) is 5.14 Å². The van der Waals surface area contributed by atoms with Gasteiger partial charge in [0.2, 0.25) is 0 Å². The molecule has 0 aliphatic rings. The Kier molecular flexibility index (Phi) is 4.55. The molecular formula is C12H9BrFNOS2. The molecule has 0 fully saturated rings. The second-order valence-electron chi connectivity index (χ2n) is 3.45. The first-order chi connectivity index (χ1) is 8.56. The number of halogens is 2. The Hall–Kier alpha value is -0.690. The molecule has 6 heteroatoms. The first-order valence-corrected chi connectivity index (χ1v) is 7.77. The molecule has 2 N–H and O–H groups in total. The van der Waals surface area contributed by atoms with Gasteiger partial charge in [0, 0.05) is 14.3 Å². The van der Waals surface area contributed by atoms with Gasteiger partial charge in [-0.15, -0.1) is 0 Å². The minimum atomic E-state index is -1.48. The normalized spacial score (nSPS) is 12.4. The smallest absolute Gasteiger partial charge is 0.138 e. The van der Waals surface area contributed by atoms with E-state index < -0.39 is 11.0 Å². The van der Waals surface area contributed by atoms with E-state index in [0.29, 0.717) is 14.3 Å². The zero-order chi connectivity index (χ0) is 13.1. The summed E-state index contributed by atoms with van der Waals surface area (Å²) in [5.41, 5.74) is 0. The Morgan fingerprint density at radius 2 is 1.83 bits per heavy atom. The van der Waals surface area contributed by atoms with E-state index in [1.165, 1.54) is 17.8 Å². The number of rotatable bonds is 3. The van der Waals surface area contributed by atoms with Gasteiger partial charge in [-0.2, -0.15) is 0 Å². The summed E-state index contributed by atoms with van der Waals surface area (Å²) in [6.07, 6.45) is 0. The highest BCUT2D eigenvalue weighted by Crippen LogP contribution is 2.31. The van der Waals surface area contributed by atoms with E-state index in [4.69, 9.17) is 5.14 Å². The van der Waals surface area contributed by atoms with Crippen LogP contribution in [-0.2, 0) is 11.0 Å². The molecule has 0 aliphatic carbocycles. The second-order valence-corrected chi connectivity index (χ2v) is 6.54. The van der Waals surface area contributed by atoms with Crippen LogP contribution in [-0.4, -0.2) is 4.21 Å². The quantitative estimate of drug-likeness (QED) is 0.921. The third-order valence-corrected chi connectivity index (χ3v) is 4.47. The molecule has 18 heavy (non-hydrogen) atoms. The predicted octanol–water partition coefficient (Wildman–Crippen LogP) is 3.72. The maximum atomic E-state index is 13.6. The van der Waals surface area contributed by atoms with Gasteiger partial charge < -0.3 is 0 Å². The van der Waals surface area contributed by atoms with Crippen LogP contribution in [0.3, 0.4) is 0 Å². The van der Waals surface area contributed by atoms with E-state index in [-0.39, 0.29) is 5.82 Å². The van der Waals surface area contributed by atoms with Gasteiger partial charge in [0.15, 0.2) is 0 Å². The molecule has 2 rings (SSSR count). The molecule has 0 radical (unpaired) electrons. The Balaban J connectivity index is 2.21. The Labute approximate surface area is 119 Å². The van der Waals surface area contributed by atoms with Crippen molar-refractivity contribution in [1.29, 1.82) is 0 Å². The van der Waals surface area contributed by atoms with Crippen molar-refractivity contribution in [2.75, 3.05) is 0 Å². The Morgan fingerprint density at radius 1 is 1.17 bits per heavy atom. The lowest BCUT2D eigenvalue weighted by molar-refractivity contribution is 0.601. The van der Waals surface area contributed by atoms with Gasteiger partial charge in [-0.05, 0) is 42.5 Å². The lowest BCUT2D eigenvalue weighted by Crippen LogP contribution is -2.01. The molecule has 1 unspecified atom stereocenters. The molecule has 0 heterocycles. The molecule has 2 nitrogen and oxygen atoms in total. The first-order valence-electron chi connectivity index (χ1n) is 4.95. The summed E-state index contributed by atoms with van der Waals surface area (Å²) in [7, 11) is -1.48.